The summed E-state index contributed by atoms with van der Waals surface area (Å²) in [7, 11) is 0. The lowest BCUT2D eigenvalue weighted by molar-refractivity contribution is -0.161. The Morgan fingerprint density at radius 3 is 2.45 bits per heavy atom. The molecular formula is C20H17N3O8. The average Bonchev–Trinajstić information content (AvgIpc) is 2.70. The molecule has 0 aliphatic heterocycles. The molecule has 160 valence electrons. The van der Waals surface area contributed by atoms with Crippen LogP contribution in [0.4, 0.5) is 0 Å². The first kappa shape index (κ1) is 20.6. The number of hydrogen-bond acceptors (Lipinski definition) is 8. The number of carbonyl (C=O) groups is 4. The molecule has 0 aromatic carbocycles. The van der Waals surface area contributed by atoms with Crippen molar-refractivity contribution in [3.05, 3.63) is 51.5 Å². The molecule has 5 atom stereocenters. The van der Waals surface area contributed by atoms with Crippen molar-refractivity contribution in [1.82, 2.24) is 0 Å². The lowest BCUT2D eigenvalue weighted by Gasteiger charge is -2.50. The number of nitrogens with zero attached hydrogens (tertiary/aromatic N) is 2. The summed E-state index contributed by atoms with van der Waals surface area (Å²) in [5.74, 6) is -10.1. The van der Waals surface area contributed by atoms with Gasteiger partial charge in [0.25, 0.3) is 5.91 Å². The number of fused-ring (bicyclic) bond motifs is 2. The van der Waals surface area contributed by atoms with E-state index in [0.717, 1.165) is 6.08 Å². The first-order valence-corrected chi connectivity index (χ1v) is 9.32. The van der Waals surface area contributed by atoms with Gasteiger partial charge in [-0.15, -0.1) is 0 Å². The molecule has 0 aromatic heterocycles. The van der Waals surface area contributed by atoms with Crippen LogP contribution in [0.5, 0.6) is 0 Å². The molecular weight excluding hydrogens is 410 g/mol. The number of allylic oxidation sites excluding steroid dienone is 4. The highest BCUT2D eigenvalue weighted by molar-refractivity contribution is 6.25. The first-order chi connectivity index (χ1) is 14.5. The third-order valence-corrected chi connectivity index (χ3v) is 6.55. The fraction of sp³-hybridized carbons (Fsp3) is 0.350. The number of primary amides is 1. The van der Waals surface area contributed by atoms with Gasteiger partial charge in [0.1, 0.15) is 17.1 Å². The van der Waals surface area contributed by atoms with E-state index >= 15 is 0 Å². The number of carbonyl (C=O) groups excluding carboxylic acids is 4. The zero-order chi connectivity index (χ0) is 23.0. The summed E-state index contributed by atoms with van der Waals surface area (Å²) in [6.07, 6.45) is -0.109. The van der Waals surface area contributed by atoms with Gasteiger partial charge >= 0.3 is 5.71 Å². The Hall–Kier alpha value is -3.66. The van der Waals surface area contributed by atoms with Crippen molar-refractivity contribution >= 4 is 29.0 Å². The van der Waals surface area contributed by atoms with Crippen LogP contribution in [0.15, 0.2) is 46.0 Å². The van der Waals surface area contributed by atoms with E-state index in [1.54, 1.807) is 0 Å². The monoisotopic (exact) mass is 427 g/mol. The van der Waals surface area contributed by atoms with E-state index in [4.69, 9.17) is 5.73 Å². The van der Waals surface area contributed by atoms with Gasteiger partial charge in [-0.05, 0) is 12.0 Å². The number of amides is 1. The molecule has 1 amide bonds. The zero-order valence-corrected chi connectivity index (χ0v) is 16.1. The van der Waals surface area contributed by atoms with Crippen molar-refractivity contribution in [2.75, 3.05) is 0 Å². The summed E-state index contributed by atoms with van der Waals surface area (Å²) in [6, 6.07) is 0. The van der Waals surface area contributed by atoms with Crippen LogP contribution >= 0.6 is 0 Å². The zero-order valence-electron chi connectivity index (χ0n) is 16.1. The molecule has 11 nitrogen and oxygen atoms in total. The Labute approximate surface area is 174 Å². The molecule has 0 radical (unpaired) electrons. The largest absolute Gasteiger partial charge is 0.508 e. The van der Waals surface area contributed by atoms with E-state index < -0.39 is 81.8 Å². The lowest BCUT2D eigenvalue weighted by Crippen LogP contribution is -2.64. The van der Waals surface area contributed by atoms with E-state index in [-0.39, 0.29) is 16.9 Å². The normalized spacial score (nSPS) is 35.1. The molecule has 4 aliphatic rings. The average molecular weight is 427 g/mol. The molecule has 1 saturated carbocycles. The third-order valence-electron chi connectivity index (χ3n) is 6.55. The summed E-state index contributed by atoms with van der Waals surface area (Å²) >= 11 is 0. The molecule has 0 saturated heterocycles. The molecule has 4 aliphatic carbocycles. The highest BCUT2D eigenvalue weighted by Crippen LogP contribution is 2.53. The van der Waals surface area contributed by atoms with E-state index in [1.807, 2.05) is 0 Å². The molecule has 0 heterocycles. The van der Waals surface area contributed by atoms with Crippen molar-refractivity contribution in [3.8, 4) is 0 Å². The van der Waals surface area contributed by atoms with Crippen molar-refractivity contribution in [2.45, 2.75) is 25.0 Å². The van der Waals surface area contributed by atoms with Gasteiger partial charge in [0.2, 0.25) is 5.78 Å². The molecule has 0 bridgehead atoms. The summed E-state index contributed by atoms with van der Waals surface area (Å²) in [4.78, 5) is 52.9. The minimum absolute atomic E-state index is 0.0633. The van der Waals surface area contributed by atoms with Crippen LogP contribution in [0, 0.1) is 17.8 Å². The molecule has 0 spiro atoms. The molecule has 4 rings (SSSR count). The van der Waals surface area contributed by atoms with Gasteiger partial charge < -0.3 is 31.7 Å². The number of ketones is 3. The van der Waals surface area contributed by atoms with Gasteiger partial charge in [-0.3, -0.25) is 19.2 Å². The second-order valence-corrected chi connectivity index (χ2v) is 7.96. The predicted molar refractivity (Wildman–Crippen MR) is 100 cm³/mol. The van der Waals surface area contributed by atoms with Crippen LogP contribution in [0.1, 0.15) is 13.3 Å². The molecule has 0 unspecified atom stereocenters. The quantitative estimate of drug-likeness (QED) is 0.147. The number of nitrogens with two attached hydrogens (primary N) is 1. The third kappa shape index (κ3) is 2.36. The summed E-state index contributed by atoms with van der Waals surface area (Å²) < 4.78 is 0. The fourth-order valence-corrected chi connectivity index (χ4v) is 5.13. The fourth-order valence-electron chi connectivity index (χ4n) is 5.13. The minimum Gasteiger partial charge on any atom is -0.508 e. The summed E-state index contributed by atoms with van der Waals surface area (Å²) in [5.41, 5.74) is 9.68. The van der Waals surface area contributed by atoms with Gasteiger partial charge in [0, 0.05) is 29.9 Å². The van der Waals surface area contributed by atoms with E-state index in [0.29, 0.717) is 0 Å². The number of aliphatic hydroxyl groups is 4. The highest BCUT2D eigenvalue weighted by Gasteiger charge is 2.65. The standard InChI is InChI=1S/C20H17N3O8/c1-5-10-7(23-22)2-3-8(24)12(10)16(27)14-11(5)15(26)6-4-9(25)13(19(21)30)17(28)20(6,31)18(14)29/h2-3,5-6,11,15,26-28,31H,4H2,1H3,(H2,21,30)/t5-,6+,11+,15-,20+/m0/s1. The van der Waals surface area contributed by atoms with Crippen LogP contribution in [-0.4, -0.2) is 65.9 Å². The van der Waals surface area contributed by atoms with Crippen LogP contribution in [0.3, 0.4) is 0 Å². The Morgan fingerprint density at radius 2 is 1.87 bits per heavy atom. The highest BCUT2D eigenvalue weighted by atomic mass is 16.4. The van der Waals surface area contributed by atoms with Gasteiger partial charge in [-0.1, -0.05) is 6.92 Å². The first-order valence-electron chi connectivity index (χ1n) is 9.32. The van der Waals surface area contributed by atoms with Crippen LogP contribution in [0.25, 0.3) is 5.53 Å². The van der Waals surface area contributed by atoms with Gasteiger partial charge in [-0.2, -0.15) is 4.79 Å². The topological polar surface area (TPSA) is 212 Å². The van der Waals surface area contributed by atoms with Crippen molar-refractivity contribution in [2.24, 2.45) is 23.5 Å². The predicted octanol–water partition coefficient (Wildman–Crippen LogP) is -1.27. The summed E-state index contributed by atoms with van der Waals surface area (Å²) in [6.45, 7) is 1.51. The van der Waals surface area contributed by atoms with E-state index in [2.05, 4.69) is 4.79 Å². The Balaban J connectivity index is 2.02. The Morgan fingerprint density at radius 1 is 1.23 bits per heavy atom. The minimum atomic E-state index is -2.91. The Kier molecular flexibility index (Phi) is 4.27. The lowest BCUT2D eigenvalue weighted by atomic mass is 9.55. The van der Waals surface area contributed by atoms with Crippen molar-refractivity contribution < 1.29 is 44.4 Å². The van der Waals surface area contributed by atoms with Crippen molar-refractivity contribution in [1.29, 1.82) is 0 Å². The number of Topliss-reactive ketones (excluding diaryl/α,β-unsaturated/α-hetero) is 2. The maximum Gasteiger partial charge on any atom is 0.319 e. The molecule has 31 heavy (non-hydrogen) atoms. The van der Waals surface area contributed by atoms with Crippen LogP contribution < -0.4 is 5.73 Å². The van der Waals surface area contributed by atoms with E-state index in [1.165, 1.54) is 13.0 Å². The Bertz CT molecular complexity index is 1180. The molecule has 1 fully saturated rings. The van der Waals surface area contributed by atoms with Gasteiger partial charge in [-0.25, -0.2) is 0 Å². The number of rotatable bonds is 1. The maximum absolute atomic E-state index is 13.4. The maximum atomic E-state index is 13.4. The molecule has 6 N–H and O–H groups in total. The van der Waals surface area contributed by atoms with Gasteiger partial charge in [0.05, 0.1) is 17.3 Å². The SMILES string of the molecule is C[C@H]1C2=C(C(=O)C=CC2=[N+]=[N-])C(O)=C2C(=O)[C@]3(O)C(O)=C(C(N)=O)C(=O)C[C@@H]3[C@H](O)[C@@H]21. The van der Waals surface area contributed by atoms with Crippen LogP contribution in [-0.2, 0) is 19.2 Å². The van der Waals surface area contributed by atoms with Crippen molar-refractivity contribution in [3.63, 3.8) is 0 Å². The summed E-state index contributed by atoms with van der Waals surface area (Å²) in [5, 5.41) is 43.5. The van der Waals surface area contributed by atoms with E-state index in [9.17, 15) is 45.1 Å². The number of hydrogen-bond donors (Lipinski definition) is 5. The molecule has 0 aromatic rings. The molecule has 11 heteroatoms. The second kappa shape index (κ2) is 6.42. The van der Waals surface area contributed by atoms with Crippen LogP contribution in [0.2, 0.25) is 0 Å². The number of aliphatic hydroxyl groups excluding tert-OH is 3. The second-order valence-electron chi connectivity index (χ2n) is 7.96. The van der Waals surface area contributed by atoms with Gasteiger partial charge in [0.15, 0.2) is 17.2 Å². The smallest absolute Gasteiger partial charge is 0.319 e.